The molecule has 0 radical (unpaired) electrons. The number of morpholine rings is 1. The van der Waals surface area contributed by atoms with Gasteiger partial charge in [0.2, 0.25) is 0 Å². The number of ether oxygens (including phenoxy) is 1. The number of rotatable bonds is 5. The molecule has 1 atom stereocenters. The van der Waals surface area contributed by atoms with Gasteiger partial charge >= 0.3 is 0 Å². The molecular formula is C19H21BrN2O3. The number of nitrogens with one attached hydrogen (secondary N) is 1. The van der Waals surface area contributed by atoms with E-state index in [9.17, 15) is 9.90 Å². The molecule has 1 unspecified atom stereocenters. The van der Waals surface area contributed by atoms with Crippen molar-refractivity contribution in [2.45, 2.75) is 6.04 Å². The van der Waals surface area contributed by atoms with E-state index in [1.807, 2.05) is 18.2 Å². The second kappa shape index (κ2) is 8.47. The Morgan fingerprint density at radius 1 is 1.20 bits per heavy atom. The highest BCUT2D eigenvalue weighted by Crippen LogP contribution is 2.24. The Hall–Kier alpha value is -1.89. The number of carbonyl (C=O) groups excluding carboxylic acids is 1. The molecule has 2 aromatic rings. The molecule has 2 aromatic carbocycles. The molecule has 3 rings (SSSR count). The topological polar surface area (TPSA) is 61.8 Å². The second-order valence-electron chi connectivity index (χ2n) is 5.95. The van der Waals surface area contributed by atoms with E-state index in [4.69, 9.17) is 4.74 Å². The zero-order chi connectivity index (χ0) is 17.6. The van der Waals surface area contributed by atoms with E-state index in [2.05, 4.69) is 38.3 Å². The van der Waals surface area contributed by atoms with Gasteiger partial charge in [0.25, 0.3) is 5.91 Å². The summed E-state index contributed by atoms with van der Waals surface area (Å²) in [5.41, 5.74) is 1.43. The predicted molar refractivity (Wildman–Crippen MR) is 99.7 cm³/mol. The van der Waals surface area contributed by atoms with Crippen molar-refractivity contribution in [1.82, 2.24) is 10.2 Å². The van der Waals surface area contributed by atoms with Crippen LogP contribution >= 0.6 is 15.9 Å². The van der Waals surface area contributed by atoms with E-state index in [0.29, 0.717) is 19.8 Å². The standard InChI is InChI=1S/C19H21BrN2O3/c20-15-6-7-16(18(23)12-15)19(24)21-13-17(14-4-2-1-3-5-14)22-8-10-25-11-9-22/h1-7,12,17,23H,8-11,13H2,(H,21,24). The summed E-state index contributed by atoms with van der Waals surface area (Å²) in [5.74, 6) is -0.311. The van der Waals surface area contributed by atoms with Gasteiger partial charge in [-0.1, -0.05) is 46.3 Å². The molecule has 5 nitrogen and oxygen atoms in total. The number of halogens is 1. The second-order valence-corrected chi connectivity index (χ2v) is 6.86. The summed E-state index contributed by atoms with van der Waals surface area (Å²) in [6.45, 7) is 3.53. The fourth-order valence-corrected chi connectivity index (χ4v) is 3.35. The van der Waals surface area contributed by atoms with Crippen molar-refractivity contribution in [1.29, 1.82) is 0 Å². The van der Waals surface area contributed by atoms with Gasteiger partial charge in [-0.3, -0.25) is 9.69 Å². The summed E-state index contributed by atoms with van der Waals surface area (Å²) < 4.78 is 6.17. The number of carbonyl (C=O) groups is 1. The lowest BCUT2D eigenvalue weighted by Gasteiger charge is -2.35. The van der Waals surface area contributed by atoms with Crippen LogP contribution in [0.4, 0.5) is 0 Å². The summed E-state index contributed by atoms with van der Waals surface area (Å²) in [6, 6.07) is 15.1. The van der Waals surface area contributed by atoms with Gasteiger partial charge in [0.1, 0.15) is 5.75 Å². The third-order valence-electron chi connectivity index (χ3n) is 4.33. The molecule has 1 amide bonds. The van der Waals surface area contributed by atoms with Gasteiger partial charge in [0, 0.05) is 24.1 Å². The van der Waals surface area contributed by atoms with Crippen molar-refractivity contribution in [2.24, 2.45) is 0 Å². The molecule has 0 saturated carbocycles. The molecule has 0 spiro atoms. The van der Waals surface area contributed by atoms with Gasteiger partial charge in [0.05, 0.1) is 24.8 Å². The van der Waals surface area contributed by atoms with Gasteiger partial charge in [-0.25, -0.2) is 0 Å². The smallest absolute Gasteiger partial charge is 0.255 e. The molecule has 0 aromatic heterocycles. The van der Waals surface area contributed by atoms with Crippen LogP contribution in [0.15, 0.2) is 53.0 Å². The molecule has 132 valence electrons. The molecule has 1 saturated heterocycles. The Kier molecular flexibility index (Phi) is 6.07. The third kappa shape index (κ3) is 4.60. The number of hydrogen-bond donors (Lipinski definition) is 2. The van der Waals surface area contributed by atoms with Crippen LogP contribution in [0, 0.1) is 0 Å². The normalized spacial score (nSPS) is 16.4. The molecule has 2 N–H and O–H groups in total. The first-order chi connectivity index (χ1) is 12.1. The molecule has 1 heterocycles. The molecule has 1 aliphatic rings. The van der Waals surface area contributed by atoms with Crippen LogP contribution in [-0.2, 0) is 4.74 Å². The van der Waals surface area contributed by atoms with Gasteiger partial charge in [-0.15, -0.1) is 0 Å². The van der Waals surface area contributed by atoms with Crippen molar-refractivity contribution < 1.29 is 14.6 Å². The van der Waals surface area contributed by atoms with Crippen molar-refractivity contribution in [2.75, 3.05) is 32.8 Å². The van der Waals surface area contributed by atoms with Crippen LogP contribution < -0.4 is 5.32 Å². The molecule has 0 aliphatic carbocycles. The minimum atomic E-state index is -0.279. The zero-order valence-electron chi connectivity index (χ0n) is 13.8. The quantitative estimate of drug-likeness (QED) is 0.803. The van der Waals surface area contributed by atoms with E-state index in [-0.39, 0.29) is 23.3 Å². The average molecular weight is 405 g/mol. The van der Waals surface area contributed by atoms with Crippen molar-refractivity contribution in [3.63, 3.8) is 0 Å². The lowest BCUT2D eigenvalue weighted by molar-refractivity contribution is 0.0162. The zero-order valence-corrected chi connectivity index (χ0v) is 15.4. The maximum Gasteiger partial charge on any atom is 0.255 e. The highest BCUT2D eigenvalue weighted by molar-refractivity contribution is 9.10. The first-order valence-electron chi connectivity index (χ1n) is 8.28. The minimum Gasteiger partial charge on any atom is -0.507 e. The average Bonchev–Trinajstić information content (AvgIpc) is 2.63. The van der Waals surface area contributed by atoms with E-state index in [0.717, 1.165) is 23.1 Å². The molecule has 0 bridgehead atoms. The number of hydrogen-bond acceptors (Lipinski definition) is 4. The maximum absolute atomic E-state index is 12.5. The number of nitrogens with zero attached hydrogens (tertiary/aromatic N) is 1. The van der Waals surface area contributed by atoms with Crippen LogP contribution in [0.2, 0.25) is 0 Å². The summed E-state index contributed by atoms with van der Waals surface area (Å²) in [7, 11) is 0. The van der Waals surface area contributed by atoms with Crippen molar-refractivity contribution >= 4 is 21.8 Å². The van der Waals surface area contributed by atoms with E-state index in [1.54, 1.807) is 12.1 Å². The molecule has 6 heteroatoms. The fourth-order valence-electron chi connectivity index (χ4n) is 3.00. The number of phenols is 1. The summed E-state index contributed by atoms with van der Waals surface area (Å²) in [4.78, 5) is 14.8. The monoisotopic (exact) mass is 404 g/mol. The lowest BCUT2D eigenvalue weighted by Crippen LogP contribution is -2.43. The largest absolute Gasteiger partial charge is 0.507 e. The molecule has 25 heavy (non-hydrogen) atoms. The van der Waals surface area contributed by atoms with Crippen LogP contribution in [0.1, 0.15) is 22.0 Å². The Labute approximate surface area is 155 Å². The number of phenolic OH excluding ortho intramolecular Hbond substituents is 1. The lowest BCUT2D eigenvalue weighted by atomic mass is 10.0. The van der Waals surface area contributed by atoms with E-state index in [1.165, 1.54) is 6.07 Å². The minimum absolute atomic E-state index is 0.0329. The summed E-state index contributed by atoms with van der Waals surface area (Å²) in [5, 5.41) is 12.9. The van der Waals surface area contributed by atoms with Crippen molar-refractivity contribution in [3.05, 3.63) is 64.1 Å². The van der Waals surface area contributed by atoms with Crippen LogP contribution in [-0.4, -0.2) is 48.8 Å². The van der Waals surface area contributed by atoms with E-state index >= 15 is 0 Å². The summed E-state index contributed by atoms with van der Waals surface area (Å²) in [6.07, 6.45) is 0. The first-order valence-corrected chi connectivity index (χ1v) is 9.08. The molecule has 1 aliphatic heterocycles. The van der Waals surface area contributed by atoms with Gasteiger partial charge in [0.15, 0.2) is 0 Å². The highest BCUT2D eigenvalue weighted by Gasteiger charge is 2.23. The molecular weight excluding hydrogens is 384 g/mol. The fraction of sp³-hybridized carbons (Fsp3) is 0.316. The number of amides is 1. The third-order valence-corrected chi connectivity index (χ3v) is 4.82. The van der Waals surface area contributed by atoms with Gasteiger partial charge < -0.3 is 15.2 Å². The van der Waals surface area contributed by atoms with E-state index < -0.39 is 0 Å². The summed E-state index contributed by atoms with van der Waals surface area (Å²) >= 11 is 3.28. The first kappa shape index (κ1) is 17.9. The predicted octanol–water partition coefficient (Wildman–Crippen LogP) is 2.96. The Morgan fingerprint density at radius 2 is 1.92 bits per heavy atom. The number of aromatic hydroxyl groups is 1. The highest BCUT2D eigenvalue weighted by atomic mass is 79.9. The van der Waals surface area contributed by atoms with Crippen LogP contribution in [0.25, 0.3) is 0 Å². The van der Waals surface area contributed by atoms with Gasteiger partial charge in [-0.2, -0.15) is 0 Å². The van der Waals surface area contributed by atoms with Crippen LogP contribution in [0.5, 0.6) is 5.75 Å². The Morgan fingerprint density at radius 3 is 2.60 bits per heavy atom. The van der Waals surface area contributed by atoms with Crippen molar-refractivity contribution in [3.8, 4) is 5.75 Å². The molecule has 1 fully saturated rings. The SMILES string of the molecule is O=C(NCC(c1ccccc1)N1CCOCC1)c1ccc(Br)cc1O. The number of benzene rings is 2. The maximum atomic E-state index is 12.5. The van der Waals surface area contributed by atoms with Gasteiger partial charge in [-0.05, 0) is 23.8 Å². The Bertz CT molecular complexity index is 718. The van der Waals surface area contributed by atoms with Crippen LogP contribution in [0.3, 0.4) is 0 Å². The Balaban J connectivity index is 1.72.